The Morgan fingerprint density at radius 2 is 2.17 bits per heavy atom. The molecule has 0 aliphatic rings. The van der Waals surface area contributed by atoms with Gasteiger partial charge in [-0.1, -0.05) is 0 Å². The first-order valence-electron chi connectivity index (χ1n) is 4.25. The summed E-state index contributed by atoms with van der Waals surface area (Å²) in [4.78, 5) is 10.9. The highest BCUT2D eigenvalue weighted by atomic mass is 32.1. The zero-order chi connectivity index (χ0) is 9.40. The smallest absolute Gasteiger partial charge is 0.232 e. The van der Waals surface area contributed by atoms with Gasteiger partial charge in [0.1, 0.15) is 0 Å². The Morgan fingerprint density at radius 3 is 2.67 bits per heavy atom. The van der Waals surface area contributed by atoms with E-state index in [0.29, 0.717) is 6.54 Å². The van der Waals surface area contributed by atoms with Gasteiger partial charge in [-0.3, -0.25) is 4.79 Å². The monoisotopic (exact) mass is 191 g/mol. The summed E-state index contributed by atoms with van der Waals surface area (Å²) in [7, 11) is 0. The Kier molecular flexibility index (Phi) is 7.29. The molecule has 0 aromatic carbocycles. The lowest BCUT2D eigenvalue weighted by Crippen LogP contribution is -2.30. The maximum Gasteiger partial charge on any atom is 0.232 e. The van der Waals surface area contributed by atoms with Crippen molar-refractivity contribution in [1.82, 2.24) is 5.32 Å². The Hall–Kier alpha value is -0.220. The second kappa shape index (κ2) is 7.43. The average molecular weight is 191 g/mol. The molecule has 0 aliphatic carbocycles. The number of carbonyl (C=O) groups is 1. The average Bonchev–Trinajstić information content (AvgIpc) is 2.03. The largest absolute Gasteiger partial charge is 0.396 e. The molecule has 1 amide bonds. The lowest BCUT2D eigenvalue weighted by atomic mass is 10.2. The van der Waals surface area contributed by atoms with Crippen LogP contribution in [0.15, 0.2) is 0 Å². The number of aliphatic hydroxyl groups excluding tert-OH is 1. The van der Waals surface area contributed by atoms with Crippen LogP contribution in [0.25, 0.3) is 0 Å². The van der Waals surface area contributed by atoms with Gasteiger partial charge in [-0.2, -0.15) is 12.6 Å². The van der Waals surface area contributed by atoms with E-state index in [9.17, 15) is 4.79 Å². The number of amides is 1. The van der Waals surface area contributed by atoms with Crippen LogP contribution in [0.5, 0.6) is 0 Å². The van der Waals surface area contributed by atoms with Crippen molar-refractivity contribution >= 4 is 18.5 Å². The fraction of sp³-hybridized carbons (Fsp3) is 0.875. The summed E-state index contributed by atoms with van der Waals surface area (Å²) in [5.41, 5.74) is 0. The van der Waals surface area contributed by atoms with E-state index in [1.807, 2.05) is 0 Å². The topological polar surface area (TPSA) is 49.3 Å². The van der Waals surface area contributed by atoms with Crippen molar-refractivity contribution in [2.45, 2.75) is 31.4 Å². The van der Waals surface area contributed by atoms with E-state index in [-0.39, 0.29) is 17.8 Å². The van der Waals surface area contributed by atoms with E-state index in [1.165, 1.54) is 0 Å². The highest BCUT2D eigenvalue weighted by Gasteiger charge is 2.04. The van der Waals surface area contributed by atoms with Crippen LogP contribution in [0.4, 0.5) is 0 Å². The number of unbranched alkanes of at least 4 members (excludes halogenated alkanes) is 2. The first-order valence-corrected chi connectivity index (χ1v) is 4.76. The molecule has 0 aliphatic heterocycles. The number of hydrogen-bond acceptors (Lipinski definition) is 3. The standard InChI is InChI=1S/C8H17NO2S/c1-7(12)8(11)9-5-3-2-4-6-10/h7,10,12H,2-6H2,1H3,(H,9,11). The number of aliphatic hydroxyl groups is 1. The van der Waals surface area contributed by atoms with E-state index in [0.717, 1.165) is 19.3 Å². The first kappa shape index (κ1) is 11.8. The molecular formula is C8H17NO2S. The zero-order valence-electron chi connectivity index (χ0n) is 7.42. The van der Waals surface area contributed by atoms with E-state index in [2.05, 4.69) is 17.9 Å². The molecule has 1 unspecified atom stereocenters. The molecule has 0 rings (SSSR count). The van der Waals surface area contributed by atoms with Crippen LogP contribution >= 0.6 is 12.6 Å². The van der Waals surface area contributed by atoms with Crippen LogP contribution in [0.2, 0.25) is 0 Å². The van der Waals surface area contributed by atoms with Crippen LogP contribution in [0, 0.1) is 0 Å². The Morgan fingerprint density at radius 1 is 1.50 bits per heavy atom. The van der Waals surface area contributed by atoms with Gasteiger partial charge in [-0.15, -0.1) is 0 Å². The predicted octanol–water partition coefficient (Wildman–Crippen LogP) is 0.583. The summed E-state index contributed by atoms with van der Waals surface area (Å²) in [5.74, 6) is -0.0256. The quantitative estimate of drug-likeness (QED) is 0.425. The summed E-state index contributed by atoms with van der Waals surface area (Å²) >= 11 is 3.98. The molecule has 4 heteroatoms. The minimum absolute atomic E-state index is 0.0256. The SMILES string of the molecule is CC(S)C(=O)NCCCCCO. The van der Waals surface area contributed by atoms with Crippen LogP contribution in [-0.2, 0) is 4.79 Å². The van der Waals surface area contributed by atoms with Crippen molar-refractivity contribution < 1.29 is 9.90 Å². The molecule has 2 N–H and O–H groups in total. The van der Waals surface area contributed by atoms with Crippen molar-refractivity contribution in [3.05, 3.63) is 0 Å². The predicted molar refractivity (Wildman–Crippen MR) is 52.4 cm³/mol. The molecule has 1 atom stereocenters. The first-order chi connectivity index (χ1) is 5.68. The Bertz CT molecular complexity index is 128. The lowest BCUT2D eigenvalue weighted by Gasteiger charge is -2.05. The number of carbonyl (C=O) groups excluding carboxylic acids is 1. The normalized spacial score (nSPS) is 12.6. The third-order valence-corrected chi connectivity index (χ3v) is 1.75. The molecule has 0 heterocycles. The van der Waals surface area contributed by atoms with Crippen LogP contribution in [0.1, 0.15) is 26.2 Å². The molecule has 3 nitrogen and oxygen atoms in total. The summed E-state index contributed by atoms with van der Waals surface area (Å²) in [6, 6.07) is 0. The summed E-state index contributed by atoms with van der Waals surface area (Å²) in [5, 5.41) is 11.0. The van der Waals surface area contributed by atoms with Gasteiger partial charge >= 0.3 is 0 Å². The van der Waals surface area contributed by atoms with Gasteiger partial charge in [0.25, 0.3) is 0 Å². The van der Waals surface area contributed by atoms with Gasteiger partial charge < -0.3 is 10.4 Å². The highest BCUT2D eigenvalue weighted by molar-refractivity contribution is 7.81. The van der Waals surface area contributed by atoms with Crippen LogP contribution in [0.3, 0.4) is 0 Å². The van der Waals surface area contributed by atoms with Crippen LogP contribution < -0.4 is 5.32 Å². The van der Waals surface area contributed by atoms with E-state index in [4.69, 9.17) is 5.11 Å². The molecule has 0 saturated carbocycles. The fourth-order valence-electron chi connectivity index (χ4n) is 0.773. The minimum atomic E-state index is -0.233. The second-order valence-electron chi connectivity index (χ2n) is 2.75. The molecule has 12 heavy (non-hydrogen) atoms. The van der Waals surface area contributed by atoms with Crippen molar-refractivity contribution in [2.75, 3.05) is 13.2 Å². The van der Waals surface area contributed by atoms with Gasteiger partial charge in [0.15, 0.2) is 0 Å². The molecule has 72 valence electrons. The molecule has 0 bridgehead atoms. The van der Waals surface area contributed by atoms with E-state index >= 15 is 0 Å². The fourth-order valence-corrected chi connectivity index (χ4v) is 0.864. The van der Waals surface area contributed by atoms with Gasteiger partial charge in [-0.25, -0.2) is 0 Å². The third-order valence-electron chi connectivity index (χ3n) is 1.51. The molecule has 0 aromatic rings. The maximum absolute atomic E-state index is 10.9. The van der Waals surface area contributed by atoms with Gasteiger partial charge in [0.2, 0.25) is 5.91 Å². The summed E-state index contributed by atoms with van der Waals surface area (Å²) in [6.45, 7) is 2.66. The number of hydrogen-bond donors (Lipinski definition) is 3. The van der Waals surface area contributed by atoms with Gasteiger partial charge in [0, 0.05) is 13.2 Å². The number of thiol groups is 1. The second-order valence-corrected chi connectivity index (χ2v) is 3.53. The van der Waals surface area contributed by atoms with Crippen molar-refractivity contribution in [3.8, 4) is 0 Å². The van der Waals surface area contributed by atoms with Gasteiger partial charge in [0.05, 0.1) is 5.25 Å². The summed E-state index contributed by atoms with van der Waals surface area (Å²) in [6.07, 6.45) is 2.69. The van der Waals surface area contributed by atoms with Crippen molar-refractivity contribution in [2.24, 2.45) is 0 Å². The van der Waals surface area contributed by atoms with Crippen LogP contribution in [-0.4, -0.2) is 29.4 Å². The Balaban J connectivity index is 3.14. The molecule has 0 radical (unpaired) electrons. The summed E-state index contributed by atoms with van der Waals surface area (Å²) < 4.78 is 0. The maximum atomic E-state index is 10.9. The number of nitrogens with one attached hydrogen (secondary N) is 1. The molecular weight excluding hydrogens is 174 g/mol. The minimum Gasteiger partial charge on any atom is -0.396 e. The van der Waals surface area contributed by atoms with Crippen molar-refractivity contribution in [3.63, 3.8) is 0 Å². The highest BCUT2D eigenvalue weighted by Crippen LogP contribution is 1.94. The molecule has 0 spiro atoms. The zero-order valence-corrected chi connectivity index (χ0v) is 8.31. The molecule has 0 aromatic heterocycles. The van der Waals surface area contributed by atoms with E-state index in [1.54, 1.807) is 6.92 Å². The molecule has 0 fully saturated rings. The number of rotatable bonds is 6. The van der Waals surface area contributed by atoms with Crippen molar-refractivity contribution in [1.29, 1.82) is 0 Å². The third kappa shape index (κ3) is 6.49. The van der Waals surface area contributed by atoms with Gasteiger partial charge in [-0.05, 0) is 26.2 Å². The lowest BCUT2D eigenvalue weighted by molar-refractivity contribution is -0.120. The Labute approximate surface area is 79.0 Å². The molecule has 0 saturated heterocycles. The van der Waals surface area contributed by atoms with E-state index < -0.39 is 0 Å².